The molecule has 0 fully saturated rings. The van der Waals surface area contributed by atoms with Gasteiger partial charge in [0, 0.05) is 25.2 Å². The van der Waals surface area contributed by atoms with Crippen LogP contribution in [0.1, 0.15) is 26.1 Å². The van der Waals surface area contributed by atoms with Crippen LogP contribution in [0, 0.1) is 9.39 Å². The summed E-state index contributed by atoms with van der Waals surface area (Å²) in [6.45, 7) is 6.03. The number of benzene rings is 1. The van der Waals surface area contributed by atoms with Gasteiger partial charge in [0.15, 0.2) is 0 Å². The molecule has 0 spiro atoms. The van der Waals surface area contributed by atoms with Crippen molar-refractivity contribution >= 4 is 45.2 Å². The molecule has 1 unspecified atom stereocenters. The molecule has 1 aromatic carbocycles. The Kier molecular flexibility index (Phi) is 5.85. The van der Waals surface area contributed by atoms with E-state index in [9.17, 15) is 4.39 Å². The highest BCUT2D eigenvalue weighted by Gasteiger charge is 2.14. The van der Waals surface area contributed by atoms with Gasteiger partial charge in [-0.2, -0.15) is 0 Å². The summed E-state index contributed by atoms with van der Waals surface area (Å²) in [6, 6.07) is 3.86. The van der Waals surface area contributed by atoms with Crippen molar-refractivity contribution in [2.75, 3.05) is 13.6 Å². The second-order valence-corrected chi connectivity index (χ2v) is 6.74. The average Bonchev–Trinajstić information content (AvgIpc) is 2.81. The minimum absolute atomic E-state index is 0.208. The van der Waals surface area contributed by atoms with Gasteiger partial charge in [0.25, 0.3) is 0 Å². The summed E-state index contributed by atoms with van der Waals surface area (Å²) in [5.41, 5.74) is 1.63. The number of hydrogen-bond acceptors (Lipinski definition) is 2. The van der Waals surface area contributed by atoms with E-state index in [1.54, 1.807) is 12.1 Å². The molecule has 0 aliphatic rings. The molecule has 1 aromatic heterocycles. The molecule has 0 N–H and O–H groups in total. The second-order valence-electron chi connectivity index (χ2n) is 5.31. The van der Waals surface area contributed by atoms with Crippen LogP contribution in [0.25, 0.3) is 11.0 Å². The van der Waals surface area contributed by atoms with Crippen LogP contribution in [0.5, 0.6) is 0 Å². The molecule has 0 saturated heterocycles. The van der Waals surface area contributed by atoms with Gasteiger partial charge < -0.3 is 9.47 Å². The lowest BCUT2D eigenvalue weighted by Crippen LogP contribution is -2.31. The van der Waals surface area contributed by atoms with E-state index in [0.717, 1.165) is 36.4 Å². The van der Waals surface area contributed by atoms with Crippen LogP contribution in [-0.4, -0.2) is 34.1 Å². The predicted octanol–water partition coefficient (Wildman–Crippen LogP) is 4.25. The van der Waals surface area contributed by atoms with Gasteiger partial charge in [-0.1, -0.05) is 6.92 Å². The van der Waals surface area contributed by atoms with Crippen LogP contribution in [0.3, 0.4) is 0 Å². The first-order valence-corrected chi connectivity index (χ1v) is 8.69. The molecule has 0 bridgehead atoms. The Hall–Kier alpha value is -0.400. The number of hydrogen-bond donors (Lipinski definition) is 0. The fourth-order valence-corrected chi connectivity index (χ4v) is 2.97. The third kappa shape index (κ3) is 3.68. The van der Waals surface area contributed by atoms with E-state index in [-0.39, 0.29) is 5.82 Å². The van der Waals surface area contributed by atoms with Gasteiger partial charge in [0.05, 0.1) is 20.5 Å². The summed E-state index contributed by atoms with van der Waals surface area (Å²) in [6.07, 6.45) is 1.11. The average molecular weight is 424 g/mol. The highest BCUT2D eigenvalue weighted by molar-refractivity contribution is 14.1. The Bertz CT molecular complexity index is 629. The van der Waals surface area contributed by atoms with Crippen molar-refractivity contribution in [3.05, 3.63) is 27.3 Å². The van der Waals surface area contributed by atoms with E-state index in [1.165, 1.54) is 0 Å². The molecule has 0 amide bonds. The quantitative estimate of drug-likeness (QED) is 0.512. The number of imidazole rings is 1. The maximum absolute atomic E-state index is 13.8. The second kappa shape index (κ2) is 7.24. The van der Waals surface area contributed by atoms with E-state index in [0.29, 0.717) is 15.5 Å². The topological polar surface area (TPSA) is 21.1 Å². The molecule has 3 nitrogen and oxygen atoms in total. The zero-order chi connectivity index (χ0) is 15.6. The standard InChI is InChI=1S/C15H20ClFIN3/c1-4-10(2)20(3)5-6-21-14-7-11(17)12(18)8-13(14)19-15(21)9-16/h7-8,10H,4-6,9H2,1-3H3. The SMILES string of the molecule is CCC(C)N(C)CCn1c(CCl)nc2cc(I)c(F)cc21. The van der Waals surface area contributed by atoms with Gasteiger partial charge in [-0.05, 0) is 49.0 Å². The van der Waals surface area contributed by atoms with Crippen molar-refractivity contribution < 1.29 is 4.39 Å². The van der Waals surface area contributed by atoms with Crippen molar-refractivity contribution in [3.63, 3.8) is 0 Å². The molecule has 1 atom stereocenters. The van der Waals surface area contributed by atoms with Gasteiger partial charge in [0.1, 0.15) is 11.6 Å². The predicted molar refractivity (Wildman–Crippen MR) is 94.3 cm³/mol. The number of nitrogens with zero attached hydrogens (tertiary/aromatic N) is 3. The van der Waals surface area contributed by atoms with Crippen LogP contribution < -0.4 is 0 Å². The molecule has 2 rings (SSSR count). The van der Waals surface area contributed by atoms with Crippen molar-refractivity contribution in [2.45, 2.75) is 38.7 Å². The third-order valence-electron chi connectivity index (χ3n) is 4.01. The smallest absolute Gasteiger partial charge is 0.138 e. The van der Waals surface area contributed by atoms with E-state index in [2.05, 4.69) is 30.8 Å². The Morgan fingerprint density at radius 3 is 2.81 bits per heavy atom. The van der Waals surface area contributed by atoms with E-state index >= 15 is 0 Å². The fourth-order valence-electron chi connectivity index (χ4n) is 2.31. The number of likely N-dealkylation sites (N-methyl/N-ethyl adjacent to an activating group) is 1. The van der Waals surface area contributed by atoms with E-state index in [4.69, 9.17) is 11.6 Å². The van der Waals surface area contributed by atoms with Crippen LogP contribution in [0.4, 0.5) is 4.39 Å². The Balaban J connectivity index is 2.31. The summed E-state index contributed by atoms with van der Waals surface area (Å²) < 4.78 is 16.4. The Morgan fingerprint density at radius 2 is 2.19 bits per heavy atom. The highest BCUT2D eigenvalue weighted by Crippen LogP contribution is 2.23. The van der Waals surface area contributed by atoms with Gasteiger partial charge >= 0.3 is 0 Å². The summed E-state index contributed by atoms with van der Waals surface area (Å²) in [4.78, 5) is 6.82. The van der Waals surface area contributed by atoms with Crippen molar-refractivity contribution in [3.8, 4) is 0 Å². The lowest BCUT2D eigenvalue weighted by molar-refractivity contribution is 0.243. The Labute approximate surface area is 143 Å². The summed E-state index contributed by atoms with van der Waals surface area (Å²) in [7, 11) is 2.11. The number of aromatic nitrogens is 2. The zero-order valence-corrected chi connectivity index (χ0v) is 15.4. The van der Waals surface area contributed by atoms with Crippen LogP contribution >= 0.6 is 34.2 Å². The molecular weight excluding hydrogens is 404 g/mol. The van der Waals surface area contributed by atoms with E-state index in [1.807, 2.05) is 27.2 Å². The van der Waals surface area contributed by atoms with Crippen LogP contribution in [0.15, 0.2) is 12.1 Å². The van der Waals surface area contributed by atoms with Gasteiger partial charge in [-0.25, -0.2) is 9.37 Å². The van der Waals surface area contributed by atoms with Gasteiger partial charge in [0.2, 0.25) is 0 Å². The number of fused-ring (bicyclic) bond motifs is 1. The first kappa shape index (κ1) is 17.0. The van der Waals surface area contributed by atoms with E-state index < -0.39 is 0 Å². The molecule has 0 aliphatic heterocycles. The summed E-state index contributed by atoms with van der Waals surface area (Å²) in [5, 5.41) is 0. The first-order chi connectivity index (χ1) is 9.97. The highest BCUT2D eigenvalue weighted by atomic mass is 127. The molecule has 0 saturated carbocycles. The largest absolute Gasteiger partial charge is 0.326 e. The van der Waals surface area contributed by atoms with Crippen LogP contribution in [0.2, 0.25) is 0 Å². The normalized spacial score (nSPS) is 13.3. The monoisotopic (exact) mass is 423 g/mol. The number of alkyl halides is 1. The minimum atomic E-state index is -0.208. The third-order valence-corrected chi connectivity index (χ3v) is 5.07. The molecule has 116 valence electrons. The molecule has 21 heavy (non-hydrogen) atoms. The fraction of sp³-hybridized carbons (Fsp3) is 0.533. The number of halogens is 3. The molecule has 1 heterocycles. The lowest BCUT2D eigenvalue weighted by Gasteiger charge is -2.24. The lowest BCUT2D eigenvalue weighted by atomic mass is 10.2. The first-order valence-electron chi connectivity index (χ1n) is 7.08. The number of rotatable bonds is 6. The molecular formula is C15H20ClFIN3. The van der Waals surface area contributed by atoms with Crippen molar-refractivity contribution in [1.82, 2.24) is 14.5 Å². The zero-order valence-electron chi connectivity index (χ0n) is 12.5. The van der Waals surface area contributed by atoms with Gasteiger partial charge in [-0.3, -0.25) is 0 Å². The molecule has 2 aromatic rings. The molecule has 6 heteroatoms. The van der Waals surface area contributed by atoms with Crippen LogP contribution in [-0.2, 0) is 12.4 Å². The summed E-state index contributed by atoms with van der Waals surface area (Å²) >= 11 is 7.98. The minimum Gasteiger partial charge on any atom is -0.326 e. The maximum atomic E-state index is 13.8. The Morgan fingerprint density at radius 1 is 1.48 bits per heavy atom. The summed E-state index contributed by atoms with van der Waals surface area (Å²) in [5.74, 6) is 0.922. The maximum Gasteiger partial charge on any atom is 0.138 e. The molecule has 0 radical (unpaired) electrons. The van der Waals surface area contributed by atoms with Crippen molar-refractivity contribution in [1.29, 1.82) is 0 Å². The molecule has 0 aliphatic carbocycles. The van der Waals surface area contributed by atoms with Gasteiger partial charge in [-0.15, -0.1) is 11.6 Å². The van der Waals surface area contributed by atoms with Crippen molar-refractivity contribution in [2.24, 2.45) is 0 Å².